The molecular formula is C18H17F3N4O. The number of nitrogens with zero attached hydrogens (tertiary/aromatic N) is 3. The summed E-state index contributed by atoms with van der Waals surface area (Å²) in [5.74, 6) is -0.333. The van der Waals surface area contributed by atoms with Gasteiger partial charge in [-0.25, -0.2) is 4.98 Å². The van der Waals surface area contributed by atoms with Crippen LogP contribution in [0.3, 0.4) is 0 Å². The van der Waals surface area contributed by atoms with E-state index in [1.807, 2.05) is 0 Å². The number of hydrogen-bond acceptors (Lipinski definition) is 3. The van der Waals surface area contributed by atoms with Gasteiger partial charge in [-0.1, -0.05) is 0 Å². The van der Waals surface area contributed by atoms with Gasteiger partial charge in [-0.2, -0.15) is 13.2 Å². The van der Waals surface area contributed by atoms with E-state index in [-0.39, 0.29) is 30.6 Å². The summed E-state index contributed by atoms with van der Waals surface area (Å²) < 4.78 is 40.9. The van der Waals surface area contributed by atoms with Crippen molar-refractivity contribution in [2.24, 2.45) is 0 Å². The molecule has 26 heavy (non-hydrogen) atoms. The van der Waals surface area contributed by atoms with Crippen molar-refractivity contribution >= 4 is 16.9 Å². The van der Waals surface area contributed by atoms with E-state index in [4.69, 9.17) is 0 Å². The molecule has 0 aliphatic heterocycles. The zero-order chi connectivity index (χ0) is 18.7. The number of halogens is 3. The Bertz CT molecular complexity index is 906. The molecule has 3 heterocycles. The summed E-state index contributed by atoms with van der Waals surface area (Å²) >= 11 is 0. The summed E-state index contributed by atoms with van der Waals surface area (Å²) in [4.78, 5) is 20.1. The van der Waals surface area contributed by atoms with Gasteiger partial charge in [0.05, 0.1) is 6.04 Å². The van der Waals surface area contributed by atoms with Crippen LogP contribution >= 0.6 is 0 Å². The first-order valence-electron chi connectivity index (χ1n) is 8.07. The quantitative estimate of drug-likeness (QED) is 0.753. The van der Waals surface area contributed by atoms with E-state index in [1.165, 1.54) is 6.20 Å². The monoisotopic (exact) mass is 362 g/mol. The lowest BCUT2D eigenvalue weighted by Crippen LogP contribution is -2.28. The fraction of sp³-hybridized carbons (Fsp3) is 0.278. The van der Waals surface area contributed by atoms with Crippen LogP contribution in [0.5, 0.6) is 0 Å². The third-order valence-electron chi connectivity index (χ3n) is 4.09. The Hall–Kier alpha value is -2.90. The molecule has 0 saturated carbocycles. The first-order valence-corrected chi connectivity index (χ1v) is 8.07. The van der Waals surface area contributed by atoms with Crippen molar-refractivity contribution in [3.8, 4) is 0 Å². The van der Waals surface area contributed by atoms with E-state index < -0.39 is 11.9 Å². The average Bonchev–Trinajstić information content (AvgIpc) is 3.00. The van der Waals surface area contributed by atoms with E-state index in [1.54, 1.807) is 43.6 Å². The smallest absolute Gasteiger partial charge is 0.350 e. The van der Waals surface area contributed by atoms with Gasteiger partial charge in [0.1, 0.15) is 11.3 Å². The van der Waals surface area contributed by atoms with Crippen molar-refractivity contribution in [1.82, 2.24) is 19.9 Å². The molecule has 0 aromatic carbocycles. The molecule has 0 spiro atoms. The van der Waals surface area contributed by atoms with Crippen LogP contribution in [0.4, 0.5) is 13.2 Å². The molecule has 1 atom stereocenters. The van der Waals surface area contributed by atoms with Gasteiger partial charge in [0, 0.05) is 36.9 Å². The summed E-state index contributed by atoms with van der Waals surface area (Å²) in [5.41, 5.74) is 0.286. The molecule has 3 aromatic rings. The minimum Gasteiger partial charge on any atom is -0.350 e. The molecule has 0 radical (unpaired) electrons. The van der Waals surface area contributed by atoms with Crippen LogP contribution in [0.15, 0.2) is 48.9 Å². The zero-order valence-electron chi connectivity index (χ0n) is 14.0. The maximum atomic E-state index is 13.3. The van der Waals surface area contributed by atoms with Gasteiger partial charge in [0.15, 0.2) is 0 Å². The SMILES string of the molecule is C[C@H](NC(=O)CCn1c(C(F)(F)F)cc2cccnc21)c1ccncc1. The number of aromatic nitrogens is 3. The zero-order valence-corrected chi connectivity index (χ0v) is 14.0. The molecule has 0 fully saturated rings. The van der Waals surface area contributed by atoms with Crippen molar-refractivity contribution in [1.29, 1.82) is 0 Å². The van der Waals surface area contributed by atoms with E-state index >= 15 is 0 Å². The number of carbonyl (C=O) groups is 1. The molecule has 1 N–H and O–H groups in total. The van der Waals surface area contributed by atoms with Crippen molar-refractivity contribution in [3.63, 3.8) is 0 Å². The standard InChI is InChI=1S/C18H17F3N4O/c1-12(13-4-8-22-9-5-13)24-16(26)6-10-25-15(18(19,20)21)11-14-3-2-7-23-17(14)25/h2-5,7-9,11-12H,6,10H2,1H3,(H,24,26)/t12-/m0/s1. The number of carbonyl (C=O) groups excluding carboxylic acids is 1. The van der Waals surface area contributed by atoms with Crippen molar-refractivity contribution in [2.45, 2.75) is 32.1 Å². The predicted octanol–water partition coefficient (Wildman–Crippen LogP) is 3.72. The largest absolute Gasteiger partial charge is 0.431 e. The molecule has 1 amide bonds. The lowest BCUT2D eigenvalue weighted by atomic mass is 10.1. The number of alkyl halides is 3. The third kappa shape index (κ3) is 3.84. The number of hydrogen-bond donors (Lipinski definition) is 1. The lowest BCUT2D eigenvalue weighted by molar-refractivity contribution is -0.143. The Kier molecular flexibility index (Phi) is 4.92. The fourth-order valence-corrected chi connectivity index (χ4v) is 2.81. The van der Waals surface area contributed by atoms with Crippen LogP contribution in [-0.4, -0.2) is 20.4 Å². The Morgan fingerprint density at radius 3 is 2.65 bits per heavy atom. The Labute approximate surface area is 147 Å². The molecule has 8 heteroatoms. The van der Waals surface area contributed by atoms with E-state index in [0.29, 0.717) is 5.39 Å². The summed E-state index contributed by atoms with van der Waals surface area (Å²) in [6.07, 6.45) is 0.0708. The maximum absolute atomic E-state index is 13.3. The minimum absolute atomic E-state index is 0.0845. The molecular weight excluding hydrogens is 345 g/mol. The topological polar surface area (TPSA) is 59.8 Å². The molecule has 5 nitrogen and oxygen atoms in total. The van der Waals surface area contributed by atoms with Crippen LogP contribution in [-0.2, 0) is 17.5 Å². The molecule has 3 aromatic heterocycles. The highest BCUT2D eigenvalue weighted by molar-refractivity contribution is 5.79. The average molecular weight is 362 g/mol. The molecule has 3 rings (SSSR count). The first-order chi connectivity index (χ1) is 12.4. The lowest BCUT2D eigenvalue weighted by Gasteiger charge is -2.16. The molecule has 0 aliphatic rings. The van der Waals surface area contributed by atoms with Gasteiger partial charge in [0.2, 0.25) is 5.91 Å². The number of pyridine rings is 2. The van der Waals surface area contributed by atoms with E-state index in [9.17, 15) is 18.0 Å². The third-order valence-corrected chi connectivity index (χ3v) is 4.09. The van der Waals surface area contributed by atoms with Crippen LogP contribution in [0.1, 0.15) is 30.6 Å². The number of fused-ring (bicyclic) bond motifs is 1. The molecule has 0 unspecified atom stereocenters. The Morgan fingerprint density at radius 1 is 1.23 bits per heavy atom. The normalized spacial score (nSPS) is 12.9. The minimum atomic E-state index is -4.51. The van der Waals surface area contributed by atoms with Crippen molar-refractivity contribution < 1.29 is 18.0 Å². The summed E-state index contributed by atoms with van der Waals surface area (Å²) in [7, 11) is 0. The first kappa shape index (κ1) is 17.9. The Balaban J connectivity index is 1.74. The van der Waals surface area contributed by atoms with Gasteiger partial charge in [0.25, 0.3) is 0 Å². The second kappa shape index (κ2) is 7.15. The van der Waals surface area contributed by atoms with Gasteiger partial charge < -0.3 is 9.88 Å². The fourth-order valence-electron chi connectivity index (χ4n) is 2.81. The summed E-state index contributed by atoms with van der Waals surface area (Å²) in [6.45, 7) is 1.70. The Morgan fingerprint density at radius 2 is 1.96 bits per heavy atom. The molecule has 0 aliphatic carbocycles. The molecule has 0 saturated heterocycles. The predicted molar refractivity (Wildman–Crippen MR) is 90.1 cm³/mol. The number of aryl methyl sites for hydroxylation is 1. The van der Waals surface area contributed by atoms with Crippen LogP contribution in [0, 0.1) is 0 Å². The van der Waals surface area contributed by atoms with Crippen LogP contribution in [0.2, 0.25) is 0 Å². The van der Waals surface area contributed by atoms with Crippen LogP contribution in [0.25, 0.3) is 11.0 Å². The molecule has 136 valence electrons. The van der Waals surface area contributed by atoms with Gasteiger partial charge in [-0.15, -0.1) is 0 Å². The van der Waals surface area contributed by atoms with Gasteiger partial charge in [-0.05, 0) is 42.8 Å². The second-order valence-corrected chi connectivity index (χ2v) is 5.91. The van der Waals surface area contributed by atoms with Crippen LogP contribution < -0.4 is 5.32 Å². The second-order valence-electron chi connectivity index (χ2n) is 5.91. The highest BCUT2D eigenvalue weighted by Crippen LogP contribution is 2.33. The highest BCUT2D eigenvalue weighted by Gasteiger charge is 2.35. The van der Waals surface area contributed by atoms with E-state index in [0.717, 1.165) is 16.2 Å². The van der Waals surface area contributed by atoms with Crippen molar-refractivity contribution in [3.05, 3.63) is 60.2 Å². The number of rotatable bonds is 5. The van der Waals surface area contributed by atoms with Gasteiger partial charge in [-0.3, -0.25) is 9.78 Å². The number of nitrogens with one attached hydrogen (secondary N) is 1. The summed E-state index contributed by atoms with van der Waals surface area (Å²) in [5, 5.41) is 3.18. The molecule has 0 bridgehead atoms. The van der Waals surface area contributed by atoms with Crippen molar-refractivity contribution in [2.75, 3.05) is 0 Å². The maximum Gasteiger partial charge on any atom is 0.431 e. The summed E-state index contributed by atoms with van der Waals surface area (Å²) in [6, 6.07) is 7.49. The van der Waals surface area contributed by atoms with Gasteiger partial charge >= 0.3 is 6.18 Å². The number of amides is 1. The highest BCUT2D eigenvalue weighted by atomic mass is 19.4. The van der Waals surface area contributed by atoms with E-state index in [2.05, 4.69) is 15.3 Å².